The zero-order chi connectivity index (χ0) is 15.5. The summed E-state index contributed by atoms with van der Waals surface area (Å²) in [6, 6.07) is 1.84. The molecule has 0 aromatic carbocycles. The van der Waals surface area contributed by atoms with Crippen LogP contribution in [0.5, 0.6) is 0 Å². The van der Waals surface area contributed by atoms with Crippen molar-refractivity contribution in [3.8, 4) is 0 Å². The molecule has 0 N–H and O–H groups in total. The van der Waals surface area contributed by atoms with E-state index in [9.17, 15) is 4.79 Å². The molecule has 1 unspecified atom stereocenters. The molecule has 0 spiro atoms. The van der Waals surface area contributed by atoms with Crippen LogP contribution in [0.1, 0.15) is 35.6 Å². The Kier molecular flexibility index (Phi) is 4.19. The van der Waals surface area contributed by atoms with Gasteiger partial charge in [-0.2, -0.15) is 0 Å². The van der Waals surface area contributed by atoms with Crippen LogP contribution in [0.2, 0.25) is 0 Å². The highest BCUT2D eigenvalue weighted by atomic mass is 16.3. The molecule has 8 nitrogen and oxygen atoms in total. The van der Waals surface area contributed by atoms with Gasteiger partial charge >= 0.3 is 0 Å². The number of hydrogen-bond donors (Lipinski definition) is 0. The van der Waals surface area contributed by atoms with Crippen molar-refractivity contribution >= 4 is 5.91 Å². The van der Waals surface area contributed by atoms with E-state index in [-0.39, 0.29) is 11.9 Å². The molecule has 22 heavy (non-hydrogen) atoms. The van der Waals surface area contributed by atoms with E-state index >= 15 is 0 Å². The number of nitrogens with zero attached hydrogens (tertiary/aromatic N) is 6. The first kappa shape index (κ1) is 14.7. The second kappa shape index (κ2) is 6.27. The molecular weight excluding hydrogens is 284 g/mol. The topological polar surface area (TPSA) is 80.3 Å². The molecule has 118 valence electrons. The van der Waals surface area contributed by atoms with Crippen LogP contribution < -0.4 is 0 Å². The van der Waals surface area contributed by atoms with Gasteiger partial charge in [0.1, 0.15) is 6.26 Å². The lowest BCUT2D eigenvalue weighted by molar-refractivity contribution is 0.0757. The van der Waals surface area contributed by atoms with Crippen LogP contribution in [0.3, 0.4) is 0 Å². The lowest BCUT2D eigenvalue weighted by atomic mass is 10.2. The molecule has 2 aromatic rings. The van der Waals surface area contributed by atoms with Gasteiger partial charge in [-0.1, -0.05) is 0 Å². The van der Waals surface area contributed by atoms with E-state index in [1.165, 1.54) is 12.5 Å². The summed E-state index contributed by atoms with van der Waals surface area (Å²) < 4.78 is 6.69. The Morgan fingerprint density at radius 2 is 2.18 bits per heavy atom. The van der Waals surface area contributed by atoms with Crippen molar-refractivity contribution in [3.05, 3.63) is 30.0 Å². The van der Waals surface area contributed by atoms with Crippen molar-refractivity contribution in [2.24, 2.45) is 7.05 Å². The zero-order valence-corrected chi connectivity index (χ0v) is 12.8. The first-order chi connectivity index (χ1) is 10.7. The number of furan rings is 1. The molecule has 2 aromatic heterocycles. The van der Waals surface area contributed by atoms with Crippen LogP contribution in [-0.4, -0.2) is 62.1 Å². The van der Waals surface area contributed by atoms with Crippen molar-refractivity contribution in [3.63, 3.8) is 0 Å². The molecule has 1 saturated heterocycles. The van der Waals surface area contributed by atoms with Crippen LogP contribution >= 0.6 is 0 Å². The molecule has 1 fully saturated rings. The predicted octanol–water partition coefficient (Wildman–Crippen LogP) is 0.712. The molecule has 1 aliphatic rings. The minimum Gasteiger partial charge on any atom is -0.472 e. The highest BCUT2D eigenvalue weighted by molar-refractivity contribution is 5.93. The van der Waals surface area contributed by atoms with Crippen molar-refractivity contribution in [1.29, 1.82) is 0 Å². The van der Waals surface area contributed by atoms with Gasteiger partial charge in [-0.15, -0.1) is 5.10 Å². The van der Waals surface area contributed by atoms with Crippen molar-refractivity contribution in [2.75, 3.05) is 26.2 Å². The second-order valence-electron chi connectivity index (χ2n) is 5.53. The summed E-state index contributed by atoms with van der Waals surface area (Å²) in [5.41, 5.74) is 0.610. The van der Waals surface area contributed by atoms with E-state index in [0.717, 1.165) is 31.9 Å². The molecule has 0 aliphatic carbocycles. The van der Waals surface area contributed by atoms with Crippen LogP contribution in [0.25, 0.3) is 0 Å². The number of tetrazole rings is 1. The minimum absolute atomic E-state index is 0.0311. The number of hydrogen-bond acceptors (Lipinski definition) is 6. The molecule has 0 bridgehead atoms. The quantitative estimate of drug-likeness (QED) is 0.831. The third-order valence-corrected chi connectivity index (χ3v) is 4.16. The van der Waals surface area contributed by atoms with E-state index in [1.54, 1.807) is 10.7 Å². The van der Waals surface area contributed by atoms with Gasteiger partial charge in [-0.05, 0) is 29.8 Å². The first-order valence-corrected chi connectivity index (χ1v) is 7.44. The maximum absolute atomic E-state index is 12.4. The molecule has 1 atom stereocenters. The average molecular weight is 304 g/mol. The summed E-state index contributed by atoms with van der Waals surface area (Å²) in [4.78, 5) is 16.6. The highest BCUT2D eigenvalue weighted by Gasteiger charge is 2.25. The lowest BCUT2D eigenvalue weighted by Gasteiger charge is -2.26. The third-order valence-electron chi connectivity index (χ3n) is 4.16. The number of carbonyl (C=O) groups excluding carboxylic acids is 1. The summed E-state index contributed by atoms with van der Waals surface area (Å²) in [5.74, 6) is 0.873. The number of amides is 1. The van der Waals surface area contributed by atoms with Crippen LogP contribution in [0, 0.1) is 0 Å². The van der Waals surface area contributed by atoms with E-state index in [4.69, 9.17) is 4.42 Å². The Balaban J connectivity index is 1.65. The number of rotatable bonds is 3. The SMILES string of the molecule is CC(c1nnnn1C)N1CCCN(C(=O)c2ccoc2)CC1. The summed E-state index contributed by atoms with van der Waals surface area (Å²) >= 11 is 0. The molecule has 3 rings (SSSR count). The third kappa shape index (κ3) is 2.87. The maximum Gasteiger partial charge on any atom is 0.257 e. The molecule has 1 aliphatic heterocycles. The van der Waals surface area contributed by atoms with Gasteiger partial charge in [-0.25, -0.2) is 4.68 Å². The highest BCUT2D eigenvalue weighted by Crippen LogP contribution is 2.19. The van der Waals surface area contributed by atoms with Crippen molar-refractivity contribution in [1.82, 2.24) is 30.0 Å². The van der Waals surface area contributed by atoms with E-state index in [1.807, 2.05) is 11.9 Å². The summed E-state index contributed by atoms with van der Waals surface area (Å²) in [6.45, 7) is 5.27. The van der Waals surface area contributed by atoms with E-state index in [0.29, 0.717) is 12.1 Å². The second-order valence-corrected chi connectivity index (χ2v) is 5.53. The van der Waals surface area contributed by atoms with Crippen molar-refractivity contribution < 1.29 is 9.21 Å². The van der Waals surface area contributed by atoms with Gasteiger partial charge in [0.15, 0.2) is 5.82 Å². The molecular formula is C14H20N6O2. The number of aromatic nitrogens is 4. The Labute approximate surface area is 128 Å². The number of carbonyl (C=O) groups is 1. The van der Waals surface area contributed by atoms with E-state index in [2.05, 4.69) is 27.3 Å². The van der Waals surface area contributed by atoms with Gasteiger partial charge < -0.3 is 9.32 Å². The predicted molar refractivity (Wildman–Crippen MR) is 78.0 cm³/mol. The average Bonchev–Trinajstić information content (AvgIpc) is 3.12. The van der Waals surface area contributed by atoms with Crippen LogP contribution in [0.4, 0.5) is 0 Å². The van der Waals surface area contributed by atoms with Crippen LogP contribution in [0.15, 0.2) is 23.0 Å². The first-order valence-electron chi connectivity index (χ1n) is 7.44. The fraction of sp³-hybridized carbons (Fsp3) is 0.571. The monoisotopic (exact) mass is 304 g/mol. The van der Waals surface area contributed by atoms with Gasteiger partial charge in [-0.3, -0.25) is 9.69 Å². The zero-order valence-electron chi connectivity index (χ0n) is 12.8. The molecule has 0 saturated carbocycles. The van der Waals surface area contributed by atoms with Crippen LogP contribution in [-0.2, 0) is 7.05 Å². The maximum atomic E-state index is 12.4. The smallest absolute Gasteiger partial charge is 0.257 e. The van der Waals surface area contributed by atoms with Gasteiger partial charge in [0.05, 0.1) is 17.9 Å². The summed E-state index contributed by atoms with van der Waals surface area (Å²) in [5, 5.41) is 11.7. The standard InChI is InChI=1S/C14H20N6O2/c1-11(13-15-16-17-18(13)2)19-5-3-6-20(8-7-19)14(21)12-4-9-22-10-12/h4,9-11H,3,5-8H2,1-2H3. The molecule has 3 heterocycles. The fourth-order valence-corrected chi connectivity index (χ4v) is 2.85. The Morgan fingerprint density at radius 3 is 2.86 bits per heavy atom. The van der Waals surface area contributed by atoms with E-state index < -0.39 is 0 Å². The molecule has 0 radical (unpaired) electrons. The molecule has 1 amide bonds. The van der Waals surface area contributed by atoms with Gasteiger partial charge in [0.25, 0.3) is 5.91 Å². The summed E-state index contributed by atoms with van der Waals surface area (Å²) in [7, 11) is 1.85. The Morgan fingerprint density at radius 1 is 1.32 bits per heavy atom. The van der Waals surface area contributed by atoms with Crippen molar-refractivity contribution in [2.45, 2.75) is 19.4 Å². The Bertz CT molecular complexity index is 623. The summed E-state index contributed by atoms with van der Waals surface area (Å²) in [6.07, 6.45) is 3.96. The minimum atomic E-state index is 0.0311. The van der Waals surface area contributed by atoms with Gasteiger partial charge in [0.2, 0.25) is 0 Å². The lowest BCUT2D eigenvalue weighted by Crippen LogP contribution is -2.36. The molecule has 8 heteroatoms. The normalized spacial score (nSPS) is 18.2. The largest absolute Gasteiger partial charge is 0.472 e. The van der Waals surface area contributed by atoms with Gasteiger partial charge in [0, 0.05) is 33.2 Å². The fourth-order valence-electron chi connectivity index (χ4n) is 2.85. The number of aryl methyl sites for hydroxylation is 1. The Hall–Kier alpha value is -2.22.